The Morgan fingerprint density at radius 2 is 2.23 bits per heavy atom. The van der Waals surface area contributed by atoms with Crippen LogP contribution in [0, 0.1) is 23.2 Å². The smallest absolute Gasteiger partial charge is 0.269 e. The minimum absolute atomic E-state index is 0.188. The molecule has 3 rings (SSSR count). The average molecular weight is 385 g/mol. The Morgan fingerprint density at radius 3 is 2.77 bits per heavy atom. The van der Waals surface area contributed by atoms with Gasteiger partial charge in [-0.1, -0.05) is 23.6 Å². The Kier molecular flexibility index (Phi) is 5.07. The molecule has 1 aromatic heterocycles. The number of aliphatic hydroxyl groups is 1. The highest BCUT2D eigenvalue weighted by Crippen LogP contribution is 2.54. The maximum absolute atomic E-state index is 12.8. The number of rotatable bonds is 5. The summed E-state index contributed by atoms with van der Waals surface area (Å²) in [4.78, 5) is 14.0. The molecule has 0 saturated heterocycles. The standard InChI is InChI=1S/C20H17ClN2O2S/c1-2-7-20(25,13-19(8-9-19)17-4-3-10-26-17)18(24)23-15-6-5-14(12-22)16(21)11-15/h3-6,10-11,25H,8-9,13H2,1H3,(H,23,24). The third-order valence-electron chi connectivity index (χ3n) is 4.55. The molecule has 1 unspecified atom stereocenters. The molecule has 2 aromatic rings. The van der Waals surface area contributed by atoms with Crippen molar-refractivity contribution in [3.8, 4) is 17.9 Å². The molecule has 1 atom stereocenters. The molecular formula is C20H17ClN2O2S. The highest BCUT2D eigenvalue weighted by Gasteiger charge is 2.52. The zero-order chi connectivity index (χ0) is 18.8. The van der Waals surface area contributed by atoms with Crippen molar-refractivity contribution in [2.45, 2.75) is 37.2 Å². The third-order valence-corrected chi connectivity index (χ3v) is 5.98. The Bertz CT molecular complexity index is 933. The van der Waals surface area contributed by atoms with E-state index < -0.39 is 11.5 Å². The van der Waals surface area contributed by atoms with Crippen LogP contribution in [0.3, 0.4) is 0 Å². The topological polar surface area (TPSA) is 73.1 Å². The van der Waals surface area contributed by atoms with Gasteiger partial charge in [0.1, 0.15) is 6.07 Å². The first-order chi connectivity index (χ1) is 12.4. The maximum Gasteiger partial charge on any atom is 0.269 e. The second kappa shape index (κ2) is 7.13. The predicted molar refractivity (Wildman–Crippen MR) is 103 cm³/mol. The van der Waals surface area contributed by atoms with Crippen molar-refractivity contribution in [2.24, 2.45) is 0 Å². The van der Waals surface area contributed by atoms with Gasteiger partial charge >= 0.3 is 0 Å². The van der Waals surface area contributed by atoms with Crippen LogP contribution in [0.25, 0.3) is 0 Å². The summed E-state index contributed by atoms with van der Waals surface area (Å²) >= 11 is 7.64. The van der Waals surface area contributed by atoms with Crippen molar-refractivity contribution >= 4 is 34.5 Å². The van der Waals surface area contributed by atoms with Gasteiger partial charge in [-0.25, -0.2) is 0 Å². The van der Waals surface area contributed by atoms with Crippen molar-refractivity contribution in [2.75, 3.05) is 5.32 Å². The first-order valence-electron chi connectivity index (χ1n) is 8.14. The predicted octanol–water partition coefficient (Wildman–Crippen LogP) is 4.09. The van der Waals surface area contributed by atoms with Crippen molar-refractivity contribution in [1.82, 2.24) is 0 Å². The molecule has 1 heterocycles. The molecule has 1 aliphatic carbocycles. The summed E-state index contributed by atoms with van der Waals surface area (Å²) in [6.45, 7) is 1.60. The van der Waals surface area contributed by atoms with Gasteiger partial charge in [0.15, 0.2) is 0 Å². The molecule has 1 aromatic carbocycles. The van der Waals surface area contributed by atoms with Gasteiger partial charge in [0, 0.05) is 22.4 Å². The maximum atomic E-state index is 12.8. The Balaban J connectivity index is 1.82. The number of benzene rings is 1. The highest BCUT2D eigenvalue weighted by atomic mass is 35.5. The van der Waals surface area contributed by atoms with E-state index in [0.717, 1.165) is 12.8 Å². The quantitative estimate of drug-likeness (QED) is 0.762. The van der Waals surface area contributed by atoms with E-state index in [1.165, 1.54) is 17.0 Å². The fraction of sp³-hybridized carbons (Fsp3) is 0.300. The molecule has 0 spiro atoms. The zero-order valence-corrected chi connectivity index (χ0v) is 15.7. The molecule has 132 valence electrons. The van der Waals surface area contributed by atoms with E-state index in [1.807, 2.05) is 23.6 Å². The summed E-state index contributed by atoms with van der Waals surface area (Å²) < 4.78 is 0. The van der Waals surface area contributed by atoms with Crippen molar-refractivity contribution in [1.29, 1.82) is 5.26 Å². The Labute approximate surface area is 161 Å². The van der Waals surface area contributed by atoms with Crippen LogP contribution in [0.4, 0.5) is 5.69 Å². The number of carbonyl (C=O) groups excluding carboxylic acids is 1. The first kappa shape index (κ1) is 18.5. The second-order valence-electron chi connectivity index (χ2n) is 6.43. The summed E-state index contributed by atoms with van der Waals surface area (Å²) in [6, 6.07) is 10.6. The van der Waals surface area contributed by atoms with E-state index in [1.54, 1.807) is 24.3 Å². The summed E-state index contributed by atoms with van der Waals surface area (Å²) in [5.41, 5.74) is -1.25. The van der Waals surface area contributed by atoms with E-state index in [2.05, 4.69) is 17.2 Å². The number of halogens is 1. The molecule has 1 aliphatic rings. The lowest BCUT2D eigenvalue weighted by Crippen LogP contribution is -2.44. The number of hydrogen-bond acceptors (Lipinski definition) is 4. The largest absolute Gasteiger partial charge is 0.369 e. The number of nitriles is 1. The normalized spacial score (nSPS) is 16.5. The van der Waals surface area contributed by atoms with Crippen LogP contribution in [0.5, 0.6) is 0 Å². The number of nitrogens with zero attached hydrogens (tertiary/aromatic N) is 1. The Hall–Kier alpha value is -2.31. The molecule has 1 fully saturated rings. The van der Waals surface area contributed by atoms with Gasteiger partial charge in [-0.15, -0.1) is 17.3 Å². The molecule has 0 bridgehead atoms. The summed E-state index contributed by atoms with van der Waals surface area (Å²) in [6.07, 6.45) is 2.10. The van der Waals surface area contributed by atoms with Crippen molar-refractivity contribution < 1.29 is 9.90 Å². The zero-order valence-electron chi connectivity index (χ0n) is 14.2. The number of amides is 1. The molecule has 1 amide bonds. The van der Waals surface area contributed by atoms with E-state index >= 15 is 0 Å². The molecule has 2 N–H and O–H groups in total. The van der Waals surface area contributed by atoms with Crippen LogP contribution in [0.1, 0.15) is 36.6 Å². The minimum atomic E-state index is -1.80. The fourth-order valence-corrected chi connectivity index (χ4v) is 4.25. The lowest BCUT2D eigenvalue weighted by molar-refractivity contribution is -0.129. The fourth-order valence-electron chi connectivity index (χ4n) is 3.04. The molecule has 0 radical (unpaired) electrons. The second-order valence-corrected chi connectivity index (χ2v) is 7.79. The molecule has 6 heteroatoms. The van der Waals surface area contributed by atoms with Crippen molar-refractivity contribution in [3.05, 3.63) is 51.2 Å². The molecular weight excluding hydrogens is 368 g/mol. The van der Waals surface area contributed by atoms with E-state index in [0.29, 0.717) is 11.3 Å². The summed E-state index contributed by atoms with van der Waals surface area (Å²) in [5.74, 6) is 4.77. The number of anilines is 1. The number of thiophene rings is 1. The third kappa shape index (κ3) is 3.61. The van der Waals surface area contributed by atoms with Gasteiger partial charge in [-0.2, -0.15) is 5.26 Å². The lowest BCUT2D eigenvalue weighted by atomic mass is 9.86. The van der Waals surface area contributed by atoms with Gasteiger partial charge in [-0.3, -0.25) is 4.79 Å². The minimum Gasteiger partial charge on any atom is -0.369 e. The SMILES string of the molecule is CC#CC(O)(CC1(c2cccs2)CC1)C(=O)Nc1ccc(C#N)c(Cl)c1. The van der Waals surface area contributed by atoms with Crippen LogP contribution in [-0.2, 0) is 10.2 Å². The van der Waals surface area contributed by atoms with Crippen LogP contribution in [0.2, 0.25) is 5.02 Å². The van der Waals surface area contributed by atoms with Crippen LogP contribution in [0.15, 0.2) is 35.7 Å². The van der Waals surface area contributed by atoms with Gasteiger partial charge in [0.2, 0.25) is 5.60 Å². The van der Waals surface area contributed by atoms with E-state index in [4.69, 9.17) is 16.9 Å². The summed E-state index contributed by atoms with van der Waals surface area (Å²) in [5, 5.41) is 24.9. The summed E-state index contributed by atoms with van der Waals surface area (Å²) in [7, 11) is 0. The van der Waals surface area contributed by atoms with Gasteiger partial charge < -0.3 is 10.4 Å². The number of carbonyl (C=O) groups is 1. The molecule has 0 aliphatic heterocycles. The van der Waals surface area contributed by atoms with Crippen LogP contribution in [-0.4, -0.2) is 16.6 Å². The highest BCUT2D eigenvalue weighted by molar-refractivity contribution is 7.10. The molecule has 26 heavy (non-hydrogen) atoms. The molecule has 4 nitrogen and oxygen atoms in total. The monoisotopic (exact) mass is 384 g/mol. The first-order valence-corrected chi connectivity index (χ1v) is 9.40. The van der Waals surface area contributed by atoms with Crippen LogP contribution >= 0.6 is 22.9 Å². The van der Waals surface area contributed by atoms with Crippen molar-refractivity contribution in [3.63, 3.8) is 0 Å². The van der Waals surface area contributed by atoms with Gasteiger partial charge in [0.05, 0.1) is 10.6 Å². The van der Waals surface area contributed by atoms with Crippen LogP contribution < -0.4 is 5.32 Å². The lowest BCUT2D eigenvalue weighted by Gasteiger charge is -2.26. The average Bonchev–Trinajstić information content (AvgIpc) is 3.16. The van der Waals surface area contributed by atoms with E-state index in [9.17, 15) is 9.90 Å². The van der Waals surface area contributed by atoms with E-state index in [-0.39, 0.29) is 16.9 Å². The number of hydrogen-bond donors (Lipinski definition) is 2. The molecule has 1 saturated carbocycles. The number of nitrogens with one attached hydrogen (secondary N) is 1. The van der Waals surface area contributed by atoms with Gasteiger partial charge in [-0.05, 0) is 49.4 Å². The van der Waals surface area contributed by atoms with Gasteiger partial charge in [0.25, 0.3) is 5.91 Å². The Morgan fingerprint density at radius 1 is 1.46 bits per heavy atom.